The Labute approximate surface area is 233 Å². The van der Waals surface area contributed by atoms with E-state index in [4.69, 9.17) is 0 Å². The fourth-order valence-corrected chi connectivity index (χ4v) is 5.34. The van der Waals surface area contributed by atoms with Crippen molar-refractivity contribution in [1.29, 1.82) is 0 Å². The number of aromatic hydroxyl groups is 2. The lowest BCUT2D eigenvalue weighted by Crippen LogP contribution is -2.40. The van der Waals surface area contributed by atoms with Crippen LogP contribution >= 0.6 is 0 Å². The van der Waals surface area contributed by atoms with Gasteiger partial charge in [-0.05, 0) is 116 Å². The highest BCUT2D eigenvalue weighted by molar-refractivity contribution is 6.14. The van der Waals surface area contributed by atoms with Gasteiger partial charge in [-0.3, -0.25) is 4.79 Å². The molecule has 0 heterocycles. The number of phenolic OH excluding ortho intramolecular Hbond substituents is 2. The molecule has 0 spiro atoms. The van der Waals surface area contributed by atoms with Crippen molar-refractivity contribution in [3.8, 4) is 11.5 Å². The molecule has 1 aliphatic rings. The summed E-state index contributed by atoms with van der Waals surface area (Å²) in [6, 6.07) is 5.38. The summed E-state index contributed by atoms with van der Waals surface area (Å²) in [5.41, 5.74) is 5.59. The van der Waals surface area contributed by atoms with Crippen LogP contribution in [-0.2, 0) is 10.2 Å². The number of hydrogen-bond acceptors (Lipinski definition) is 4. The molecule has 2 aromatic rings. The van der Waals surface area contributed by atoms with Gasteiger partial charge in [0.25, 0.3) is 0 Å². The summed E-state index contributed by atoms with van der Waals surface area (Å²) in [6.45, 7) is 16.1. The van der Waals surface area contributed by atoms with Crippen LogP contribution in [0, 0.1) is 6.92 Å². The Hall–Kier alpha value is -3.53. The average Bonchev–Trinajstić information content (AvgIpc) is 2.82. The second-order valence-corrected chi connectivity index (χ2v) is 11.8. The Morgan fingerprint density at radius 3 is 2.05 bits per heavy atom. The van der Waals surface area contributed by atoms with Crippen LogP contribution in [0.1, 0.15) is 97.3 Å². The average molecular weight is 529 g/mol. The maximum absolute atomic E-state index is 14.5. The van der Waals surface area contributed by atoms with Crippen LogP contribution < -0.4 is 0 Å². The lowest BCUT2D eigenvalue weighted by atomic mass is 9.63. The standard InChI is InChI=1S/C35H44O4/c1-21(2)10-9-11-24(7)15-17-35(16-14-23(5)6)28-20-26-18-25(8)19-29(36)30(26)33(38)31(28)32(37)27(34(35)39)13-12-22(3)4/h10,12,14-15,18-20,36-38H,9,11,13,16-17H2,1-8H3. The number of allylic oxidation sites excluding steroid dienone is 9. The number of hydrogen-bond donors (Lipinski definition) is 3. The van der Waals surface area contributed by atoms with E-state index in [1.807, 2.05) is 52.8 Å². The molecule has 3 N–H and O–H groups in total. The third-order valence-corrected chi connectivity index (χ3v) is 7.55. The number of fused-ring (bicyclic) bond motifs is 2. The number of phenols is 2. The van der Waals surface area contributed by atoms with Gasteiger partial charge >= 0.3 is 0 Å². The van der Waals surface area contributed by atoms with Gasteiger partial charge < -0.3 is 15.3 Å². The first-order valence-corrected chi connectivity index (χ1v) is 13.8. The second kappa shape index (κ2) is 12.1. The molecule has 4 nitrogen and oxygen atoms in total. The van der Waals surface area contributed by atoms with Crippen LogP contribution in [0.4, 0.5) is 0 Å². The number of carbonyl (C=O) groups is 1. The van der Waals surface area contributed by atoms with E-state index in [-0.39, 0.29) is 40.4 Å². The Balaban J connectivity index is 2.37. The first kappa shape index (κ1) is 30.0. The molecule has 0 saturated heterocycles. The molecule has 208 valence electrons. The van der Waals surface area contributed by atoms with E-state index < -0.39 is 5.41 Å². The van der Waals surface area contributed by atoms with Crippen molar-refractivity contribution in [2.24, 2.45) is 0 Å². The van der Waals surface area contributed by atoms with E-state index in [0.29, 0.717) is 29.4 Å². The molecule has 1 unspecified atom stereocenters. The van der Waals surface area contributed by atoms with E-state index in [1.54, 1.807) is 6.07 Å². The summed E-state index contributed by atoms with van der Waals surface area (Å²) in [4.78, 5) is 14.5. The molecule has 0 radical (unpaired) electrons. The van der Waals surface area contributed by atoms with Crippen molar-refractivity contribution in [2.75, 3.05) is 0 Å². The number of aliphatic hydroxyl groups excluding tert-OH is 1. The molecule has 0 fully saturated rings. The Morgan fingerprint density at radius 1 is 0.821 bits per heavy atom. The van der Waals surface area contributed by atoms with Gasteiger partial charge in [0.2, 0.25) is 0 Å². The predicted octanol–water partition coefficient (Wildman–Crippen LogP) is 9.44. The van der Waals surface area contributed by atoms with Crippen LogP contribution in [0.5, 0.6) is 11.5 Å². The van der Waals surface area contributed by atoms with Crippen LogP contribution in [0.25, 0.3) is 16.5 Å². The van der Waals surface area contributed by atoms with Crippen molar-refractivity contribution in [3.05, 3.63) is 87.1 Å². The van der Waals surface area contributed by atoms with Gasteiger partial charge in [0.05, 0.1) is 16.4 Å². The summed E-state index contributed by atoms with van der Waals surface area (Å²) >= 11 is 0. The van der Waals surface area contributed by atoms with E-state index >= 15 is 0 Å². The molecule has 1 atom stereocenters. The molecular formula is C35H44O4. The van der Waals surface area contributed by atoms with E-state index in [9.17, 15) is 20.1 Å². The van der Waals surface area contributed by atoms with Crippen molar-refractivity contribution >= 4 is 22.3 Å². The van der Waals surface area contributed by atoms with Gasteiger partial charge in [0.15, 0.2) is 5.78 Å². The van der Waals surface area contributed by atoms with E-state index in [2.05, 4.69) is 39.0 Å². The van der Waals surface area contributed by atoms with Crippen molar-refractivity contribution < 1.29 is 20.1 Å². The Bertz CT molecular complexity index is 1430. The highest BCUT2D eigenvalue weighted by Gasteiger charge is 2.47. The largest absolute Gasteiger partial charge is 0.507 e. The zero-order chi connectivity index (χ0) is 29.1. The summed E-state index contributed by atoms with van der Waals surface area (Å²) < 4.78 is 0. The fourth-order valence-electron chi connectivity index (χ4n) is 5.34. The summed E-state index contributed by atoms with van der Waals surface area (Å²) in [5, 5.41) is 34.7. The van der Waals surface area contributed by atoms with Gasteiger partial charge in [-0.15, -0.1) is 0 Å². The number of carbonyl (C=O) groups excluding carboxylic acids is 1. The minimum absolute atomic E-state index is 0.0502. The highest BCUT2D eigenvalue weighted by atomic mass is 16.3. The molecule has 0 aliphatic heterocycles. The number of Topliss-reactive ketones (excluding diaryl/α,β-unsaturated/α-hetero) is 1. The van der Waals surface area contributed by atoms with Crippen LogP contribution in [0.2, 0.25) is 0 Å². The van der Waals surface area contributed by atoms with Gasteiger partial charge in [-0.25, -0.2) is 0 Å². The third-order valence-electron chi connectivity index (χ3n) is 7.55. The van der Waals surface area contributed by atoms with E-state index in [0.717, 1.165) is 29.6 Å². The predicted molar refractivity (Wildman–Crippen MR) is 163 cm³/mol. The zero-order valence-corrected chi connectivity index (χ0v) is 24.8. The van der Waals surface area contributed by atoms with Gasteiger partial charge in [0.1, 0.15) is 17.3 Å². The number of aliphatic hydroxyl groups is 1. The lowest BCUT2D eigenvalue weighted by Gasteiger charge is -2.38. The highest BCUT2D eigenvalue weighted by Crippen LogP contribution is 2.52. The molecular weight excluding hydrogens is 484 g/mol. The Morgan fingerprint density at radius 2 is 1.44 bits per heavy atom. The molecule has 0 saturated carbocycles. The maximum atomic E-state index is 14.5. The number of benzene rings is 2. The molecule has 1 aliphatic carbocycles. The number of rotatable bonds is 9. The van der Waals surface area contributed by atoms with Crippen LogP contribution in [0.3, 0.4) is 0 Å². The zero-order valence-electron chi connectivity index (χ0n) is 24.8. The Kier molecular flexibility index (Phi) is 9.32. The monoisotopic (exact) mass is 528 g/mol. The molecule has 2 aromatic carbocycles. The summed E-state index contributed by atoms with van der Waals surface area (Å²) in [5.74, 6) is -0.563. The first-order valence-electron chi connectivity index (χ1n) is 13.8. The van der Waals surface area contributed by atoms with Crippen molar-refractivity contribution in [3.63, 3.8) is 0 Å². The van der Waals surface area contributed by atoms with Crippen molar-refractivity contribution in [2.45, 2.75) is 92.9 Å². The smallest absolute Gasteiger partial charge is 0.174 e. The van der Waals surface area contributed by atoms with Gasteiger partial charge in [-0.1, -0.05) is 52.7 Å². The minimum Gasteiger partial charge on any atom is -0.507 e. The van der Waals surface area contributed by atoms with Crippen molar-refractivity contribution in [1.82, 2.24) is 0 Å². The molecule has 0 amide bonds. The first-order chi connectivity index (χ1) is 18.3. The van der Waals surface area contributed by atoms with Crippen LogP contribution in [-0.4, -0.2) is 21.1 Å². The fraction of sp³-hybridized carbons (Fsp3) is 0.400. The number of aryl methyl sites for hydroxylation is 1. The molecule has 0 aromatic heterocycles. The molecule has 0 bridgehead atoms. The quantitative estimate of drug-likeness (QED) is 0.283. The SMILES string of the molecule is CC(C)=CCCC(C)=CCC1(CC=C(C)C)C(=O)C(CC=C(C)C)=C(O)c2c1cc1cc(C)cc(O)c1c2O. The summed E-state index contributed by atoms with van der Waals surface area (Å²) in [7, 11) is 0. The van der Waals surface area contributed by atoms with Gasteiger partial charge in [0, 0.05) is 5.57 Å². The molecule has 39 heavy (non-hydrogen) atoms. The third kappa shape index (κ3) is 6.38. The van der Waals surface area contributed by atoms with Crippen LogP contribution in [0.15, 0.2) is 70.4 Å². The molecule has 4 heteroatoms. The second-order valence-electron chi connectivity index (χ2n) is 11.8. The summed E-state index contributed by atoms with van der Waals surface area (Å²) in [6.07, 6.45) is 11.3. The van der Waals surface area contributed by atoms with Gasteiger partial charge in [-0.2, -0.15) is 0 Å². The lowest BCUT2D eigenvalue weighted by molar-refractivity contribution is -0.121. The minimum atomic E-state index is -1.01. The topological polar surface area (TPSA) is 77.8 Å². The normalized spacial score (nSPS) is 17.2. The number of ketones is 1. The maximum Gasteiger partial charge on any atom is 0.174 e. The molecule has 3 rings (SSSR count). The van der Waals surface area contributed by atoms with E-state index in [1.165, 1.54) is 11.1 Å².